The summed E-state index contributed by atoms with van der Waals surface area (Å²) in [6, 6.07) is 68.3. The number of rotatable bonds is 3. The highest BCUT2D eigenvalue weighted by atomic mass is 15.0. The van der Waals surface area contributed by atoms with Gasteiger partial charge in [0.05, 0.1) is 33.3 Å². The van der Waals surface area contributed by atoms with Crippen molar-refractivity contribution in [2.75, 3.05) is 0 Å². The van der Waals surface area contributed by atoms with Crippen molar-refractivity contribution in [2.45, 2.75) is 5.41 Å². The monoisotopic (exact) mass is 685 g/mol. The van der Waals surface area contributed by atoms with Crippen LogP contribution in [0, 0.1) is 0 Å². The number of aromatic nitrogens is 3. The molecule has 250 valence electrons. The molecule has 3 heterocycles. The largest absolute Gasteiger partial charge is 0.309 e. The average molecular weight is 686 g/mol. The molecule has 1 spiro atoms. The van der Waals surface area contributed by atoms with Crippen LogP contribution >= 0.6 is 0 Å². The lowest BCUT2D eigenvalue weighted by molar-refractivity contribution is 0.748. The van der Waals surface area contributed by atoms with E-state index in [1.54, 1.807) is 0 Å². The van der Waals surface area contributed by atoms with Gasteiger partial charge in [-0.2, -0.15) is 0 Å². The van der Waals surface area contributed by atoms with E-state index in [4.69, 9.17) is 9.97 Å². The van der Waals surface area contributed by atoms with Gasteiger partial charge < -0.3 is 4.57 Å². The van der Waals surface area contributed by atoms with Gasteiger partial charge in [0.25, 0.3) is 0 Å². The topological polar surface area (TPSA) is 30.7 Å². The molecule has 10 aromatic rings. The number of nitrogens with zero attached hydrogens (tertiary/aromatic N) is 3. The Bertz CT molecular complexity index is 3110. The summed E-state index contributed by atoms with van der Waals surface area (Å²) in [4.78, 5) is 10.8. The molecule has 0 unspecified atom stereocenters. The predicted molar refractivity (Wildman–Crippen MR) is 221 cm³/mol. The van der Waals surface area contributed by atoms with E-state index in [9.17, 15) is 0 Å². The van der Waals surface area contributed by atoms with Crippen LogP contribution in [0.4, 0.5) is 0 Å². The lowest BCUT2D eigenvalue weighted by Gasteiger charge is -2.39. The number of fused-ring (bicyclic) bond motifs is 13. The molecule has 0 radical (unpaired) electrons. The maximum atomic E-state index is 5.46. The Hall–Kier alpha value is -7.10. The third-order valence-corrected chi connectivity index (χ3v) is 11.8. The van der Waals surface area contributed by atoms with Gasteiger partial charge in [-0.3, -0.25) is 0 Å². The molecule has 3 heteroatoms. The fourth-order valence-corrected chi connectivity index (χ4v) is 9.59. The van der Waals surface area contributed by atoms with Crippen LogP contribution < -0.4 is 0 Å². The third kappa shape index (κ3) is 3.85. The first-order valence-electron chi connectivity index (χ1n) is 18.6. The van der Waals surface area contributed by atoms with Crippen molar-refractivity contribution in [3.63, 3.8) is 0 Å². The van der Waals surface area contributed by atoms with Gasteiger partial charge in [0, 0.05) is 27.3 Å². The van der Waals surface area contributed by atoms with Crippen LogP contribution in [0.2, 0.25) is 0 Å². The second-order valence-corrected chi connectivity index (χ2v) is 14.5. The molecule has 0 saturated heterocycles. The smallest absolute Gasteiger partial charge is 0.160 e. The van der Waals surface area contributed by atoms with E-state index >= 15 is 0 Å². The minimum atomic E-state index is -0.532. The molecule has 12 rings (SSSR count). The molecule has 2 aromatic heterocycles. The lowest BCUT2D eigenvalue weighted by atomic mass is 9.65. The van der Waals surface area contributed by atoms with Gasteiger partial charge in [0.2, 0.25) is 0 Å². The summed E-state index contributed by atoms with van der Waals surface area (Å²) in [6.45, 7) is 0. The van der Waals surface area contributed by atoms with Gasteiger partial charge >= 0.3 is 0 Å². The molecule has 0 atom stereocenters. The van der Waals surface area contributed by atoms with Crippen molar-refractivity contribution < 1.29 is 0 Å². The standard InChI is InChI=1S/C51H31N3/c1-2-14-32(15-3-1)33-26-28-34(29-27-33)48-39-19-6-11-23-45(39)52-50(53-48)35-30-40-38-18-7-12-24-46(38)54-47-25-13-10-22-43(47)51(44(31-35)49(40)54)41-20-8-4-16-36(41)37-17-5-9-21-42(37)51/h1-31H. The normalized spacial score (nSPS) is 13.3. The highest BCUT2D eigenvalue weighted by Gasteiger charge is 2.50. The molecule has 1 aliphatic carbocycles. The molecule has 0 bridgehead atoms. The molecule has 8 aromatic carbocycles. The fraction of sp³-hybridized carbons (Fsp3) is 0.0196. The van der Waals surface area contributed by atoms with Gasteiger partial charge in [-0.1, -0.05) is 158 Å². The Kier molecular flexibility index (Phi) is 5.98. The van der Waals surface area contributed by atoms with Crippen LogP contribution in [0.25, 0.3) is 83.3 Å². The summed E-state index contributed by atoms with van der Waals surface area (Å²) < 4.78 is 2.49. The number of hydrogen-bond donors (Lipinski definition) is 0. The second-order valence-electron chi connectivity index (χ2n) is 14.5. The molecule has 2 aliphatic rings. The van der Waals surface area contributed by atoms with Gasteiger partial charge in [-0.15, -0.1) is 0 Å². The zero-order valence-electron chi connectivity index (χ0n) is 29.2. The second kappa shape index (κ2) is 11.0. The molecule has 54 heavy (non-hydrogen) atoms. The molecule has 3 nitrogen and oxygen atoms in total. The van der Waals surface area contributed by atoms with Gasteiger partial charge in [0.1, 0.15) is 0 Å². The van der Waals surface area contributed by atoms with Crippen LogP contribution in [0.3, 0.4) is 0 Å². The van der Waals surface area contributed by atoms with Crippen molar-refractivity contribution in [3.8, 4) is 50.6 Å². The van der Waals surface area contributed by atoms with Crippen molar-refractivity contribution in [1.29, 1.82) is 0 Å². The van der Waals surface area contributed by atoms with Crippen LogP contribution in [-0.4, -0.2) is 14.5 Å². The molecule has 0 amide bonds. The van der Waals surface area contributed by atoms with E-state index in [2.05, 4.69) is 193 Å². The summed E-state index contributed by atoms with van der Waals surface area (Å²) in [5, 5.41) is 3.47. The summed E-state index contributed by atoms with van der Waals surface area (Å²) >= 11 is 0. The number of hydrogen-bond acceptors (Lipinski definition) is 2. The Morgan fingerprint density at radius 3 is 1.76 bits per heavy atom. The van der Waals surface area contributed by atoms with Crippen LogP contribution in [0.5, 0.6) is 0 Å². The summed E-state index contributed by atoms with van der Waals surface area (Å²) in [5.74, 6) is 0.722. The Morgan fingerprint density at radius 2 is 0.981 bits per heavy atom. The third-order valence-electron chi connectivity index (χ3n) is 11.8. The highest BCUT2D eigenvalue weighted by Crippen LogP contribution is 2.61. The molecule has 0 saturated carbocycles. The van der Waals surface area contributed by atoms with E-state index in [1.807, 2.05) is 0 Å². The number of para-hydroxylation sites is 3. The van der Waals surface area contributed by atoms with Crippen LogP contribution in [0.1, 0.15) is 22.3 Å². The zero-order chi connectivity index (χ0) is 35.4. The molecular formula is C51H31N3. The predicted octanol–water partition coefficient (Wildman–Crippen LogP) is 12.4. The lowest BCUT2D eigenvalue weighted by Crippen LogP contribution is -2.33. The highest BCUT2D eigenvalue weighted by molar-refractivity contribution is 6.14. The SMILES string of the molecule is c1ccc(-c2ccc(-c3nc(-c4cc5c6c(c4)c4ccccc4n6-c4ccccc4C54c5ccccc5-c5ccccc54)nc4ccccc34)cc2)cc1. The molecule has 0 fully saturated rings. The van der Waals surface area contributed by atoms with Gasteiger partial charge in [-0.05, 0) is 74.8 Å². The van der Waals surface area contributed by atoms with E-state index in [0.717, 1.165) is 33.5 Å². The molecule has 0 N–H and O–H groups in total. The molecular weight excluding hydrogens is 655 g/mol. The maximum Gasteiger partial charge on any atom is 0.160 e. The van der Waals surface area contributed by atoms with Crippen molar-refractivity contribution in [3.05, 3.63) is 210 Å². The summed E-state index contributed by atoms with van der Waals surface area (Å²) in [5.41, 5.74) is 17.2. The summed E-state index contributed by atoms with van der Waals surface area (Å²) in [6.07, 6.45) is 0. The van der Waals surface area contributed by atoms with Gasteiger partial charge in [0.15, 0.2) is 5.82 Å². The quantitative estimate of drug-likeness (QED) is 0.185. The van der Waals surface area contributed by atoms with E-state index in [-0.39, 0.29) is 0 Å². The van der Waals surface area contributed by atoms with Crippen molar-refractivity contribution >= 4 is 32.7 Å². The molecule has 1 aliphatic heterocycles. The first kappa shape index (κ1) is 29.5. The van der Waals surface area contributed by atoms with E-state index in [0.29, 0.717) is 0 Å². The average Bonchev–Trinajstić information content (AvgIpc) is 3.74. The first-order chi connectivity index (χ1) is 26.8. The Morgan fingerprint density at radius 1 is 0.389 bits per heavy atom. The van der Waals surface area contributed by atoms with Crippen LogP contribution in [-0.2, 0) is 5.41 Å². The van der Waals surface area contributed by atoms with E-state index in [1.165, 1.54) is 72.0 Å². The minimum Gasteiger partial charge on any atom is -0.309 e. The maximum absolute atomic E-state index is 5.46. The number of benzene rings is 8. The van der Waals surface area contributed by atoms with E-state index < -0.39 is 5.41 Å². The summed E-state index contributed by atoms with van der Waals surface area (Å²) in [7, 11) is 0. The Balaban J connectivity index is 1.18. The van der Waals surface area contributed by atoms with Crippen molar-refractivity contribution in [2.24, 2.45) is 0 Å². The van der Waals surface area contributed by atoms with Gasteiger partial charge in [-0.25, -0.2) is 9.97 Å². The zero-order valence-corrected chi connectivity index (χ0v) is 29.2. The first-order valence-corrected chi connectivity index (χ1v) is 18.6. The van der Waals surface area contributed by atoms with Crippen LogP contribution in [0.15, 0.2) is 188 Å². The Labute approximate surface area is 312 Å². The fourth-order valence-electron chi connectivity index (χ4n) is 9.59. The minimum absolute atomic E-state index is 0.532. The van der Waals surface area contributed by atoms with Crippen molar-refractivity contribution in [1.82, 2.24) is 14.5 Å².